The molecule has 0 saturated heterocycles. The molecule has 2 aromatic heterocycles. The van der Waals surface area contributed by atoms with Gasteiger partial charge in [-0.25, -0.2) is 4.79 Å². The minimum Gasteiger partial charge on any atom is -0.467 e. The van der Waals surface area contributed by atoms with Crippen LogP contribution in [0.3, 0.4) is 0 Å². The first-order valence-electron chi connectivity index (χ1n) is 5.78. The summed E-state index contributed by atoms with van der Waals surface area (Å²) in [6.45, 7) is 2.95. The van der Waals surface area contributed by atoms with E-state index in [2.05, 4.69) is 15.7 Å². The highest BCUT2D eigenvalue weighted by Gasteiger charge is 2.08. The summed E-state index contributed by atoms with van der Waals surface area (Å²) in [5, 5.41) is 9.63. The number of carbonyl (C=O) groups excluding carboxylic acids is 1. The maximum Gasteiger partial charge on any atom is 0.315 e. The number of amides is 2. The molecule has 0 aliphatic rings. The maximum absolute atomic E-state index is 11.6. The highest BCUT2D eigenvalue weighted by atomic mass is 16.3. The summed E-state index contributed by atoms with van der Waals surface area (Å²) in [7, 11) is 0. The lowest BCUT2D eigenvalue weighted by molar-refractivity contribution is 0.235. The summed E-state index contributed by atoms with van der Waals surface area (Å²) in [6, 6.07) is 5.24. The quantitative estimate of drug-likeness (QED) is 0.839. The second-order valence-electron chi connectivity index (χ2n) is 4.04. The Labute approximate surface area is 105 Å². The van der Waals surface area contributed by atoms with Crippen LogP contribution >= 0.6 is 0 Å². The van der Waals surface area contributed by atoms with Gasteiger partial charge in [-0.2, -0.15) is 5.10 Å². The maximum atomic E-state index is 11.6. The monoisotopic (exact) mass is 248 g/mol. The van der Waals surface area contributed by atoms with E-state index in [4.69, 9.17) is 4.42 Å². The van der Waals surface area contributed by atoms with Gasteiger partial charge in [-0.05, 0) is 25.1 Å². The first-order valence-corrected chi connectivity index (χ1v) is 5.78. The fraction of sp³-hybridized carbons (Fsp3) is 0.333. The molecule has 0 spiro atoms. The number of carbonyl (C=O) groups is 1. The molecule has 1 atom stereocenters. The van der Waals surface area contributed by atoms with Crippen LogP contribution in [0.4, 0.5) is 4.79 Å². The third-order valence-electron chi connectivity index (χ3n) is 2.40. The molecule has 0 fully saturated rings. The Morgan fingerprint density at radius 2 is 2.44 bits per heavy atom. The van der Waals surface area contributed by atoms with Gasteiger partial charge in [-0.1, -0.05) is 0 Å². The van der Waals surface area contributed by atoms with Crippen molar-refractivity contribution in [1.82, 2.24) is 20.4 Å². The van der Waals surface area contributed by atoms with Gasteiger partial charge in [0.15, 0.2) is 0 Å². The lowest BCUT2D eigenvalue weighted by Gasteiger charge is -2.14. The molecule has 0 aliphatic heterocycles. The number of hydrogen-bond donors (Lipinski definition) is 2. The van der Waals surface area contributed by atoms with Crippen LogP contribution in [0.5, 0.6) is 0 Å². The predicted molar refractivity (Wildman–Crippen MR) is 65.8 cm³/mol. The Balaban J connectivity index is 1.70. The molecule has 2 rings (SSSR count). The molecule has 6 nitrogen and oxygen atoms in total. The summed E-state index contributed by atoms with van der Waals surface area (Å²) in [5.74, 6) is 0.727. The molecule has 96 valence electrons. The third kappa shape index (κ3) is 3.65. The summed E-state index contributed by atoms with van der Waals surface area (Å²) < 4.78 is 6.89. The molecular formula is C12H16N4O2. The van der Waals surface area contributed by atoms with Gasteiger partial charge in [0.1, 0.15) is 5.76 Å². The Bertz CT molecular complexity index is 464. The second-order valence-corrected chi connectivity index (χ2v) is 4.04. The van der Waals surface area contributed by atoms with Crippen molar-refractivity contribution in [3.8, 4) is 0 Å². The largest absolute Gasteiger partial charge is 0.467 e. The van der Waals surface area contributed by atoms with E-state index in [1.54, 1.807) is 23.2 Å². The molecule has 2 aromatic rings. The van der Waals surface area contributed by atoms with E-state index in [0.29, 0.717) is 13.1 Å². The topological polar surface area (TPSA) is 72.1 Å². The Morgan fingerprint density at radius 3 is 3.11 bits per heavy atom. The number of nitrogens with zero attached hydrogens (tertiary/aromatic N) is 2. The van der Waals surface area contributed by atoms with Crippen LogP contribution in [0.2, 0.25) is 0 Å². The molecule has 2 amide bonds. The Morgan fingerprint density at radius 1 is 1.56 bits per heavy atom. The van der Waals surface area contributed by atoms with Crippen molar-refractivity contribution in [2.45, 2.75) is 26.1 Å². The average Bonchev–Trinajstić information content (AvgIpc) is 2.98. The summed E-state index contributed by atoms with van der Waals surface area (Å²) in [6.07, 6.45) is 5.15. The van der Waals surface area contributed by atoms with E-state index in [0.717, 1.165) is 5.76 Å². The zero-order valence-electron chi connectivity index (χ0n) is 10.2. The van der Waals surface area contributed by atoms with Crippen LogP contribution < -0.4 is 10.6 Å². The van der Waals surface area contributed by atoms with Crippen molar-refractivity contribution in [2.24, 2.45) is 0 Å². The molecule has 2 N–H and O–H groups in total. The van der Waals surface area contributed by atoms with Crippen LogP contribution in [0.15, 0.2) is 41.3 Å². The third-order valence-corrected chi connectivity index (χ3v) is 2.40. The lowest BCUT2D eigenvalue weighted by atomic mass is 10.3. The molecule has 0 radical (unpaired) electrons. The highest BCUT2D eigenvalue weighted by molar-refractivity contribution is 5.74. The number of hydrogen-bond acceptors (Lipinski definition) is 3. The van der Waals surface area contributed by atoms with Gasteiger partial charge in [-0.15, -0.1) is 0 Å². The van der Waals surface area contributed by atoms with Gasteiger partial charge in [0, 0.05) is 18.4 Å². The molecule has 0 aliphatic carbocycles. The molecule has 6 heteroatoms. The fourth-order valence-electron chi connectivity index (χ4n) is 1.59. The van der Waals surface area contributed by atoms with E-state index in [1.807, 2.05) is 25.3 Å². The van der Waals surface area contributed by atoms with Crippen molar-refractivity contribution in [3.05, 3.63) is 42.6 Å². The highest BCUT2D eigenvalue weighted by Crippen LogP contribution is 1.98. The smallest absolute Gasteiger partial charge is 0.315 e. The minimum atomic E-state index is -0.217. The number of nitrogens with one attached hydrogen (secondary N) is 2. The molecule has 0 aromatic carbocycles. The molecule has 0 unspecified atom stereocenters. The van der Waals surface area contributed by atoms with E-state index >= 15 is 0 Å². The van der Waals surface area contributed by atoms with Crippen LogP contribution in [0.25, 0.3) is 0 Å². The molecule has 2 heterocycles. The first kappa shape index (κ1) is 12.2. The molecule has 0 bridgehead atoms. The lowest BCUT2D eigenvalue weighted by Crippen LogP contribution is -2.42. The van der Waals surface area contributed by atoms with Crippen molar-refractivity contribution in [2.75, 3.05) is 0 Å². The number of rotatable bonds is 5. The van der Waals surface area contributed by atoms with Crippen LogP contribution in [0.1, 0.15) is 12.7 Å². The Kier molecular flexibility index (Phi) is 4.01. The van der Waals surface area contributed by atoms with E-state index in [9.17, 15) is 4.79 Å². The van der Waals surface area contributed by atoms with Gasteiger partial charge in [0.05, 0.1) is 19.4 Å². The van der Waals surface area contributed by atoms with Crippen molar-refractivity contribution < 1.29 is 9.21 Å². The van der Waals surface area contributed by atoms with Crippen LogP contribution in [-0.4, -0.2) is 21.9 Å². The van der Waals surface area contributed by atoms with Crippen molar-refractivity contribution >= 4 is 6.03 Å². The predicted octanol–water partition coefficient (Wildman–Crippen LogP) is 1.36. The summed E-state index contributed by atoms with van der Waals surface area (Å²) >= 11 is 0. The first-order chi connectivity index (χ1) is 8.74. The second kappa shape index (κ2) is 5.90. The molecule has 0 saturated carbocycles. The fourth-order valence-corrected chi connectivity index (χ4v) is 1.59. The minimum absolute atomic E-state index is 0.00139. The average molecular weight is 248 g/mol. The van der Waals surface area contributed by atoms with Gasteiger partial charge >= 0.3 is 6.03 Å². The van der Waals surface area contributed by atoms with Gasteiger partial charge in [-0.3, -0.25) is 4.68 Å². The summed E-state index contributed by atoms with van der Waals surface area (Å²) in [4.78, 5) is 11.6. The summed E-state index contributed by atoms with van der Waals surface area (Å²) in [5.41, 5.74) is 0. The van der Waals surface area contributed by atoms with Crippen LogP contribution in [-0.2, 0) is 13.1 Å². The molecular weight excluding hydrogens is 232 g/mol. The van der Waals surface area contributed by atoms with Crippen molar-refractivity contribution in [3.63, 3.8) is 0 Å². The van der Waals surface area contributed by atoms with Crippen LogP contribution in [0, 0.1) is 0 Å². The number of aromatic nitrogens is 2. The SMILES string of the molecule is C[C@H](Cn1cccn1)NC(=O)NCc1ccco1. The Hall–Kier alpha value is -2.24. The zero-order valence-corrected chi connectivity index (χ0v) is 10.2. The normalized spacial score (nSPS) is 12.1. The standard InChI is InChI=1S/C12H16N4O2/c1-10(9-16-6-3-5-14-16)15-12(17)13-8-11-4-2-7-18-11/h2-7,10H,8-9H2,1H3,(H2,13,15,17)/t10-/m1/s1. The van der Waals surface area contributed by atoms with Crippen molar-refractivity contribution in [1.29, 1.82) is 0 Å². The number of furan rings is 1. The van der Waals surface area contributed by atoms with E-state index < -0.39 is 0 Å². The van der Waals surface area contributed by atoms with Gasteiger partial charge in [0.25, 0.3) is 0 Å². The molecule has 18 heavy (non-hydrogen) atoms. The van der Waals surface area contributed by atoms with E-state index in [1.165, 1.54) is 0 Å². The van der Waals surface area contributed by atoms with E-state index in [-0.39, 0.29) is 12.1 Å². The zero-order chi connectivity index (χ0) is 12.8. The van der Waals surface area contributed by atoms with Gasteiger partial charge in [0.2, 0.25) is 0 Å². The van der Waals surface area contributed by atoms with Gasteiger partial charge < -0.3 is 15.1 Å². The number of urea groups is 1.